The van der Waals surface area contributed by atoms with Crippen molar-refractivity contribution in [2.75, 3.05) is 0 Å². The number of nitrogens with zero attached hydrogens (tertiary/aromatic N) is 4. The molecule has 0 bridgehead atoms. The number of hydrogen-bond donors (Lipinski definition) is 0. The Balaban J connectivity index is 1.51. The van der Waals surface area contributed by atoms with Crippen LogP contribution in [0.15, 0.2) is 61.3 Å². The maximum Gasteiger partial charge on any atom is 0.0735 e. The molecule has 4 aromatic heterocycles. The fourth-order valence-electron chi connectivity index (χ4n) is 4.05. The summed E-state index contributed by atoms with van der Waals surface area (Å²) in [4.78, 5) is 18.0. The third-order valence-corrected chi connectivity index (χ3v) is 5.90. The van der Waals surface area contributed by atoms with Crippen LogP contribution in [0.4, 0.5) is 0 Å². The summed E-state index contributed by atoms with van der Waals surface area (Å²) in [6, 6.07) is 10.3. The summed E-state index contributed by atoms with van der Waals surface area (Å²) in [5, 5.41) is 2.24. The Morgan fingerprint density at radius 2 is 1.62 bits per heavy atom. The Morgan fingerprint density at radius 3 is 2.48 bits per heavy atom. The molecule has 0 fully saturated rings. The lowest BCUT2D eigenvalue weighted by atomic mass is 9.73. The summed E-state index contributed by atoms with van der Waals surface area (Å²) in [6.07, 6.45) is 12.6. The van der Waals surface area contributed by atoms with Gasteiger partial charge in [-0.2, -0.15) is 0 Å². The normalized spacial score (nSPS) is 12.6. The predicted octanol–water partition coefficient (Wildman–Crippen LogP) is 5.90. The Morgan fingerprint density at radius 1 is 0.793 bits per heavy atom. The molecule has 0 unspecified atom stereocenters. The van der Waals surface area contributed by atoms with E-state index in [4.69, 9.17) is 0 Å². The SMILES string of the molecule is CC(C)(CCC(C)(C)c1ccnc2ccncc12)Cc1cc2ncccc2cn1. The zero-order chi connectivity index (χ0) is 20.5. The molecule has 0 aliphatic carbocycles. The smallest absolute Gasteiger partial charge is 0.0735 e. The van der Waals surface area contributed by atoms with Gasteiger partial charge in [-0.05, 0) is 66.0 Å². The number of fused-ring (bicyclic) bond motifs is 2. The number of rotatable bonds is 6. The molecule has 0 aromatic carbocycles. The molecule has 4 aromatic rings. The molecule has 0 aliphatic rings. The highest BCUT2D eigenvalue weighted by Crippen LogP contribution is 2.37. The van der Waals surface area contributed by atoms with Crippen LogP contribution in [0.25, 0.3) is 21.8 Å². The maximum absolute atomic E-state index is 4.68. The van der Waals surface area contributed by atoms with Gasteiger partial charge in [-0.25, -0.2) is 0 Å². The van der Waals surface area contributed by atoms with Crippen molar-refractivity contribution in [3.05, 3.63) is 72.6 Å². The Hall–Kier alpha value is -2.88. The van der Waals surface area contributed by atoms with E-state index in [1.165, 1.54) is 5.56 Å². The van der Waals surface area contributed by atoms with Gasteiger partial charge >= 0.3 is 0 Å². The molecule has 29 heavy (non-hydrogen) atoms. The third kappa shape index (κ3) is 4.26. The van der Waals surface area contributed by atoms with E-state index in [0.29, 0.717) is 0 Å². The van der Waals surface area contributed by atoms with Crippen LogP contribution < -0.4 is 0 Å². The van der Waals surface area contributed by atoms with E-state index in [9.17, 15) is 0 Å². The van der Waals surface area contributed by atoms with Crippen LogP contribution in [0.3, 0.4) is 0 Å². The molecule has 0 radical (unpaired) electrons. The van der Waals surface area contributed by atoms with Crippen molar-refractivity contribution in [2.45, 2.75) is 52.4 Å². The van der Waals surface area contributed by atoms with Crippen molar-refractivity contribution in [1.29, 1.82) is 0 Å². The van der Waals surface area contributed by atoms with Crippen LogP contribution in [0.5, 0.6) is 0 Å². The highest BCUT2D eigenvalue weighted by molar-refractivity contribution is 5.81. The second kappa shape index (κ2) is 7.51. The summed E-state index contributed by atoms with van der Waals surface area (Å²) in [5.74, 6) is 0. The van der Waals surface area contributed by atoms with Crippen molar-refractivity contribution < 1.29 is 0 Å². The molecule has 4 rings (SSSR count). The van der Waals surface area contributed by atoms with Gasteiger partial charge in [-0.15, -0.1) is 0 Å². The van der Waals surface area contributed by atoms with E-state index in [1.54, 1.807) is 6.20 Å². The lowest BCUT2D eigenvalue weighted by molar-refractivity contribution is 0.283. The van der Waals surface area contributed by atoms with E-state index in [2.05, 4.69) is 65.8 Å². The van der Waals surface area contributed by atoms with E-state index in [-0.39, 0.29) is 10.8 Å². The molecule has 0 aliphatic heterocycles. The van der Waals surface area contributed by atoms with Gasteiger partial charge < -0.3 is 0 Å². The van der Waals surface area contributed by atoms with Crippen molar-refractivity contribution in [1.82, 2.24) is 19.9 Å². The molecule has 0 N–H and O–H groups in total. The summed E-state index contributed by atoms with van der Waals surface area (Å²) in [6.45, 7) is 9.31. The standard InChI is InChI=1S/C25H28N4/c1-24(2,15-19-14-23-18(16-29-19)6-5-11-27-23)9-10-25(3,4)21-7-13-28-22-8-12-26-17-20(21)22/h5-8,11-14,16-17H,9-10,15H2,1-4H3. The molecule has 0 atom stereocenters. The lowest BCUT2D eigenvalue weighted by Gasteiger charge is -2.32. The summed E-state index contributed by atoms with van der Waals surface area (Å²) >= 11 is 0. The van der Waals surface area contributed by atoms with Crippen molar-refractivity contribution in [2.24, 2.45) is 5.41 Å². The van der Waals surface area contributed by atoms with Crippen LogP contribution in [-0.2, 0) is 11.8 Å². The first-order valence-electron chi connectivity index (χ1n) is 10.2. The fourth-order valence-corrected chi connectivity index (χ4v) is 4.05. The number of pyridine rings is 4. The summed E-state index contributed by atoms with van der Waals surface area (Å²) < 4.78 is 0. The minimum absolute atomic E-state index is 0.0415. The Kier molecular flexibility index (Phi) is 5.03. The third-order valence-electron chi connectivity index (χ3n) is 5.90. The van der Waals surface area contributed by atoms with Gasteiger partial charge in [0.25, 0.3) is 0 Å². The molecule has 4 heteroatoms. The highest BCUT2D eigenvalue weighted by Gasteiger charge is 2.28. The highest BCUT2D eigenvalue weighted by atomic mass is 14.7. The van der Waals surface area contributed by atoms with Gasteiger partial charge in [-0.3, -0.25) is 19.9 Å². The second-order valence-corrected chi connectivity index (χ2v) is 9.35. The van der Waals surface area contributed by atoms with E-state index in [1.807, 2.05) is 36.9 Å². The summed E-state index contributed by atoms with van der Waals surface area (Å²) in [5.41, 5.74) is 4.65. The predicted molar refractivity (Wildman–Crippen MR) is 119 cm³/mol. The van der Waals surface area contributed by atoms with E-state index in [0.717, 1.165) is 46.8 Å². The van der Waals surface area contributed by atoms with Crippen molar-refractivity contribution in [3.63, 3.8) is 0 Å². The average Bonchev–Trinajstić information content (AvgIpc) is 2.72. The van der Waals surface area contributed by atoms with Crippen LogP contribution in [0, 0.1) is 5.41 Å². The lowest BCUT2D eigenvalue weighted by Crippen LogP contribution is -2.24. The monoisotopic (exact) mass is 384 g/mol. The van der Waals surface area contributed by atoms with Gasteiger partial charge in [-0.1, -0.05) is 27.7 Å². The molecule has 4 nitrogen and oxygen atoms in total. The second-order valence-electron chi connectivity index (χ2n) is 9.35. The van der Waals surface area contributed by atoms with Gasteiger partial charge in [0.1, 0.15) is 0 Å². The van der Waals surface area contributed by atoms with E-state index >= 15 is 0 Å². The van der Waals surface area contributed by atoms with Crippen molar-refractivity contribution in [3.8, 4) is 0 Å². The largest absolute Gasteiger partial charge is 0.264 e. The first-order chi connectivity index (χ1) is 13.8. The Bertz CT molecular complexity index is 1140. The maximum atomic E-state index is 4.68. The molecular formula is C25H28N4. The van der Waals surface area contributed by atoms with Crippen LogP contribution in [0.2, 0.25) is 0 Å². The zero-order valence-corrected chi connectivity index (χ0v) is 17.7. The van der Waals surface area contributed by atoms with Crippen LogP contribution in [-0.4, -0.2) is 19.9 Å². The molecule has 148 valence electrons. The van der Waals surface area contributed by atoms with E-state index < -0.39 is 0 Å². The van der Waals surface area contributed by atoms with Gasteiger partial charge in [0.2, 0.25) is 0 Å². The minimum Gasteiger partial charge on any atom is -0.264 e. The summed E-state index contributed by atoms with van der Waals surface area (Å²) in [7, 11) is 0. The van der Waals surface area contributed by atoms with Gasteiger partial charge in [0.15, 0.2) is 0 Å². The Labute approximate surface area is 172 Å². The molecular weight excluding hydrogens is 356 g/mol. The number of hydrogen-bond acceptors (Lipinski definition) is 4. The van der Waals surface area contributed by atoms with Crippen molar-refractivity contribution >= 4 is 21.8 Å². The molecule has 0 amide bonds. The van der Waals surface area contributed by atoms with Crippen LogP contribution in [0.1, 0.15) is 51.8 Å². The van der Waals surface area contributed by atoms with Crippen LogP contribution >= 0.6 is 0 Å². The minimum atomic E-state index is 0.0415. The quantitative estimate of drug-likeness (QED) is 0.415. The zero-order valence-electron chi connectivity index (χ0n) is 17.7. The topological polar surface area (TPSA) is 51.6 Å². The van der Waals surface area contributed by atoms with Gasteiger partial charge in [0.05, 0.1) is 11.0 Å². The first kappa shape index (κ1) is 19.4. The molecule has 0 saturated heterocycles. The number of aromatic nitrogens is 4. The molecule has 0 saturated carbocycles. The fraction of sp³-hybridized carbons (Fsp3) is 0.360. The van der Waals surface area contributed by atoms with Gasteiger partial charge in [0, 0.05) is 47.5 Å². The molecule has 0 spiro atoms. The first-order valence-corrected chi connectivity index (χ1v) is 10.2. The molecule has 4 heterocycles. The average molecular weight is 385 g/mol.